The number of anilines is 1. The fourth-order valence-electron chi connectivity index (χ4n) is 3.87. The lowest BCUT2D eigenvalue weighted by Gasteiger charge is -2.32. The summed E-state index contributed by atoms with van der Waals surface area (Å²) in [5.74, 6) is 1.04. The van der Waals surface area contributed by atoms with Gasteiger partial charge in [0.05, 0.1) is 12.0 Å². The zero-order valence-corrected chi connectivity index (χ0v) is 19.4. The molecule has 32 heavy (non-hydrogen) atoms. The third kappa shape index (κ3) is 5.28. The molecule has 0 spiro atoms. The summed E-state index contributed by atoms with van der Waals surface area (Å²) in [4.78, 5) is 19.2. The van der Waals surface area contributed by atoms with E-state index in [9.17, 15) is 13.2 Å². The van der Waals surface area contributed by atoms with Gasteiger partial charge in [0.2, 0.25) is 0 Å². The van der Waals surface area contributed by atoms with Gasteiger partial charge >= 0.3 is 0 Å². The van der Waals surface area contributed by atoms with Gasteiger partial charge in [0.25, 0.3) is 15.9 Å². The monoisotopic (exact) mass is 471 g/mol. The maximum Gasteiger partial charge on any atom is 0.273 e. The van der Waals surface area contributed by atoms with Crippen LogP contribution in [0.2, 0.25) is 0 Å². The van der Waals surface area contributed by atoms with Crippen LogP contribution in [0.25, 0.3) is 0 Å². The minimum absolute atomic E-state index is 0.153. The molecule has 9 heteroatoms. The summed E-state index contributed by atoms with van der Waals surface area (Å²) in [6, 6.07) is 16.1. The van der Waals surface area contributed by atoms with Crippen molar-refractivity contribution >= 4 is 32.4 Å². The molecule has 2 heterocycles. The fourth-order valence-corrected chi connectivity index (χ4v) is 5.82. The van der Waals surface area contributed by atoms with Crippen molar-refractivity contribution in [3.63, 3.8) is 0 Å². The first kappa shape index (κ1) is 22.3. The van der Waals surface area contributed by atoms with Crippen molar-refractivity contribution in [1.29, 1.82) is 0 Å². The number of methoxy groups -OCH3 is 1. The molecule has 0 saturated carbocycles. The lowest BCUT2D eigenvalue weighted by molar-refractivity contribution is 0.0668. The number of hydrogen-bond donors (Lipinski definition) is 1. The largest absolute Gasteiger partial charge is 0.497 e. The Bertz CT molecular complexity index is 1160. The number of sulfonamides is 1. The number of hydrogen-bond acceptors (Lipinski definition) is 6. The number of nitrogens with zero attached hydrogens (tertiary/aromatic N) is 2. The summed E-state index contributed by atoms with van der Waals surface area (Å²) in [7, 11) is -2.09. The summed E-state index contributed by atoms with van der Waals surface area (Å²) in [5, 5.41) is 1.79. The van der Waals surface area contributed by atoms with E-state index in [2.05, 4.69) is 21.8 Å². The standard InChI is InChI=1S/C23H25N3O4S2/c1-30-19-11-9-17(10-12-19)14-18-6-5-13-26(15-18)22(27)21-16-31-23(24-21)25-32(28,29)20-7-3-2-4-8-20/h2-4,7-12,16,18H,5-6,13-15H2,1H3,(H,24,25). The Hall–Kier alpha value is -2.91. The number of likely N-dealkylation sites (tertiary alicyclic amines) is 1. The van der Waals surface area contributed by atoms with Crippen molar-refractivity contribution < 1.29 is 17.9 Å². The van der Waals surface area contributed by atoms with Crippen LogP contribution < -0.4 is 9.46 Å². The van der Waals surface area contributed by atoms with Crippen molar-refractivity contribution in [3.05, 3.63) is 71.2 Å². The highest BCUT2D eigenvalue weighted by Crippen LogP contribution is 2.25. The van der Waals surface area contributed by atoms with Crippen molar-refractivity contribution in [2.75, 3.05) is 24.9 Å². The molecule has 1 aliphatic rings. The van der Waals surface area contributed by atoms with Crippen LogP contribution in [0.3, 0.4) is 0 Å². The highest BCUT2D eigenvalue weighted by atomic mass is 32.2. The number of carbonyl (C=O) groups is 1. The van der Waals surface area contributed by atoms with Crippen LogP contribution in [0.5, 0.6) is 5.75 Å². The highest BCUT2D eigenvalue weighted by Gasteiger charge is 2.26. The zero-order chi connectivity index (χ0) is 22.6. The first-order chi connectivity index (χ1) is 15.4. The van der Waals surface area contributed by atoms with Gasteiger partial charge in [0, 0.05) is 18.5 Å². The molecule has 3 aromatic rings. The average molecular weight is 472 g/mol. The Morgan fingerprint density at radius 1 is 1.19 bits per heavy atom. The fraction of sp³-hybridized carbons (Fsp3) is 0.304. The molecule has 7 nitrogen and oxygen atoms in total. The van der Waals surface area contributed by atoms with Gasteiger partial charge in [0.15, 0.2) is 5.13 Å². The number of amides is 1. The number of aromatic nitrogens is 1. The van der Waals surface area contributed by atoms with E-state index in [-0.39, 0.29) is 21.6 Å². The molecule has 0 bridgehead atoms. The summed E-state index contributed by atoms with van der Waals surface area (Å²) >= 11 is 1.11. The first-order valence-corrected chi connectivity index (χ1v) is 12.8. The summed E-state index contributed by atoms with van der Waals surface area (Å²) in [6.45, 7) is 1.34. The lowest BCUT2D eigenvalue weighted by Crippen LogP contribution is -2.40. The van der Waals surface area contributed by atoms with Crippen molar-refractivity contribution in [3.8, 4) is 5.75 Å². The minimum atomic E-state index is -3.73. The molecule has 0 radical (unpaired) electrons. The van der Waals surface area contributed by atoms with Crippen LogP contribution in [-0.2, 0) is 16.4 Å². The van der Waals surface area contributed by atoms with Gasteiger partial charge in [-0.3, -0.25) is 9.52 Å². The molecule has 1 fully saturated rings. The van der Waals surface area contributed by atoms with Gasteiger partial charge in [-0.25, -0.2) is 13.4 Å². The third-order valence-electron chi connectivity index (χ3n) is 5.49. The Balaban J connectivity index is 1.39. The zero-order valence-electron chi connectivity index (χ0n) is 17.7. The number of nitrogens with one attached hydrogen (secondary N) is 1. The van der Waals surface area contributed by atoms with Crippen LogP contribution in [0, 0.1) is 5.92 Å². The average Bonchev–Trinajstić information content (AvgIpc) is 3.27. The highest BCUT2D eigenvalue weighted by molar-refractivity contribution is 7.93. The second-order valence-corrected chi connectivity index (χ2v) is 10.3. The topological polar surface area (TPSA) is 88.6 Å². The molecule has 1 saturated heterocycles. The number of thiazole rings is 1. The van der Waals surface area contributed by atoms with E-state index in [0.29, 0.717) is 19.0 Å². The van der Waals surface area contributed by atoms with E-state index in [1.165, 1.54) is 17.7 Å². The van der Waals surface area contributed by atoms with Crippen LogP contribution in [0.15, 0.2) is 64.9 Å². The van der Waals surface area contributed by atoms with Gasteiger partial charge in [-0.1, -0.05) is 30.3 Å². The van der Waals surface area contributed by atoms with Gasteiger partial charge < -0.3 is 9.64 Å². The predicted molar refractivity (Wildman–Crippen MR) is 125 cm³/mol. The van der Waals surface area contributed by atoms with Gasteiger partial charge in [-0.15, -0.1) is 11.3 Å². The number of benzene rings is 2. The number of ether oxygens (including phenoxy) is 1. The van der Waals surface area contributed by atoms with E-state index in [4.69, 9.17) is 4.74 Å². The molecule has 168 valence electrons. The van der Waals surface area contributed by atoms with E-state index in [0.717, 1.165) is 36.3 Å². The van der Waals surface area contributed by atoms with Crippen molar-refractivity contribution in [1.82, 2.24) is 9.88 Å². The van der Waals surface area contributed by atoms with Gasteiger partial charge in [0.1, 0.15) is 11.4 Å². The SMILES string of the molecule is COc1ccc(CC2CCCN(C(=O)c3csc(NS(=O)(=O)c4ccccc4)n3)C2)cc1. The molecular formula is C23H25N3O4S2. The van der Waals surface area contributed by atoms with E-state index in [1.807, 2.05) is 17.0 Å². The molecule has 0 aliphatic carbocycles. The van der Waals surface area contributed by atoms with Crippen molar-refractivity contribution in [2.45, 2.75) is 24.2 Å². The first-order valence-electron chi connectivity index (χ1n) is 10.4. The normalized spacial score (nSPS) is 16.5. The third-order valence-corrected chi connectivity index (χ3v) is 7.73. The number of carbonyl (C=O) groups excluding carboxylic acids is 1. The maximum absolute atomic E-state index is 13.0. The maximum atomic E-state index is 13.0. The Kier molecular flexibility index (Phi) is 6.76. The van der Waals surface area contributed by atoms with Crippen LogP contribution in [0.1, 0.15) is 28.9 Å². The Morgan fingerprint density at radius 3 is 2.66 bits per heavy atom. The summed E-state index contributed by atoms with van der Waals surface area (Å²) < 4.78 is 32.7. The summed E-state index contributed by atoms with van der Waals surface area (Å²) in [5.41, 5.74) is 1.49. The second-order valence-electron chi connectivity index (χ2n) is 7.77. The quantitative estimate of drug-likeness (QED) is 0.562. The molecule has 1 N–H and O–H groups in total. The second kappa shape index (κ2) is 9.70. The van der Waals surface area contributed by atoms with E-state index < -0.39 is 10.0 Å². The van der Waals surface area contributed by atoms with Crippen molar-refractivity contribution in [2.24, 2.45) is 5.92 Å². The predicted octanol–water partition coefficient (Wildman–Crippen LogP) is 4.05. The Labute approximate surface area is 192 Å². The Morgan fingerprint density at radius 2 is 1.94 bits per heavy atom. The minimum Gasteiger partial charge on any atom is -0.497 e. The molecule has 1 aliphatic heterocycles. The number of piperidine rings is 1. The van der Waals surface area contributed by atoms with Crippen LogP contribution >= 0.6 is 11.3 Å². The van der Waals surface area contributed by atoms with Gasteiger partial charge in [-0.2, -0.15) is 0 Å². The molecule has 1 atom stereocenters. The molecular weight excluding hydrogens is 446 g/mol. The lowest BCUT2D eigenvalue weighted by atomic mass is 9.91. The molecule has 4 rings (SSSR count). The molecule has 1 unspecified atom stereocenters. The van der Waals surface area contributed by atoms with E-state index >= 15 is 0 Å². The van der Waals surface area contributed by atoms with Gasteiger partial charge in [-0.05, 0) is 55.0 Å². The van der Waals surface area contributed by atoms with Crippen LogP contribution in [0.4, 0.5) is 5.13 Å². The molecule has 1 aromatic heterocycles. The summed E-state index contributed by atoms with van der Waals surface area (Å²) in [6.07, 6.45) is 2.89. The van der Waals surface area contributed by atoms with E-state index in [1.54, 1.807) is 30.7 Å². The number of rotatable bonds is 7. The van der Waals surface area contributed by atoms with Crippen LogP contribution in [-0.4, -0.2) is 44.4 Å². The molecule has 1 amide bonds. The smallest absolute Gasteiger partial charge is 0.273 e. The molecule has 2 aromatic carbocycles.